The van der Waals surface area contributed by atoms with E-state index in [9.17, 15) is 13.7 Å². The molecular weight excluding hydrogens is 451 g/mol. The Morgan fingerprint density at radius 2 is 2.09 bits per heavy atom. The largest absolute Gasteiger partial charge is 0.588 e. The highest BCUT2D eigenvalue weighted by molar-refractivity contribution is 7.97. The van der Waals surface area contributed by atoms with Gasteiger partial charge in [0.2, 0.25) is 16.6 Å². The van der Waals surface area contributed by atoms with E-state index in [4.69, 9.17) is 16.3 Å². The van der Waals surface area contributed by atoms with Crippen LogP contribution >= 0.6 is 11.6 Å². The summed E-state index contributed by atoms with van der Waals surface area (Å²) in [7, 11) is 1.55. The lowest BCUT2D eigenvalue weighted by Crippen LogP contribution is -2.27. The van der Waals surface area contributed by atoms with Gasteiger partial charge in [-0.15, -0.1) is 0 Å². The number of Topliss-reactive ketones (excluding diaryl/α,β-unsaturated/α-hetero) is 1. The highest BCUT2D eigenvalue weighted by atomic mass is 35.5. The number of nitrogens with zero attached hydrogens (tertiary/aromatic N) is 1. The van der Waals surface area contributed by atoms with Crippen molar-refractivity contribution in [3.63, 3.8) is 0 Å². The molecule has 0 spiro atoms. The Balaban J connectivity index is 1.59. The molecule has 5 nitrogen and oxygen atoms in total. The summed E-state index contributed by atoms with van der Waals surface area (Å²) in [4.78, 5) is 17.1. The van der Waals surface area contributed by atoms with Crippen LogP contribution in [0.5, 0.6) is 5.88 Å². The number of methoxy groups -OCH3 is 1. The Bertz CT molecular complexity index is 1300. The smallest absolute Gasteiger partial charge is 0.245 e. The van der Waals surface area contributed by atoms with Crippen LogP contribution in [-0.4, -0.2) is 22.4 Å². The normalized spacial score (nSPS) is 16.1. The van der Waals surface area contributed by atoms with Crippen LogP contribution in [0.25, 0.3) is 6.08 Å². The molecule has 4 rings (SSSR count). The van der Waals surface area contributed by atoms with E-state index in [0.29, 0.717) is 34.7 Å². The van der Waals surface area contributed by atoms with Crippen LogP contribution in [0.4, 0.5) is 10.1 Å². The van der Waals surface area contributed by atoms with Crippen LogP contribution in [0.2, 0.25) is 5.02 Å². The Hall–Kier alpha value is -3.31. The van der Waals surface area contributed by atoms with Crippen molar-refractivity contribution >= 4 is 40.5 Å². The van der Waals surface area contributed by atoms with Crippen molar-refractivity contribution in [1.82, 2.24) is 4.98 Å². The summed E-state index contributed by atoms with van der Waals surface area (Å²) in [5, 5.41) is -0.0276. The molecule has 3 aromatic rings. The van der Waals surface area contributed by atoms with Crippen LogP contribution in [0, 0.1) is 17.7 Å². The van der Waals surface area contributed by atoms with E-state index in [-0.39, 0.29) is 9.93 Å². The summed E-state index contributed by atoms with van der Waals surface area (Å²) in [6.45, 7) is 0. The molecule has 0 radical (unpaired) electrons. The molecule has 0 fully saturated rings. The number of carbonyl (C=O) groups excluding carboxylic acids is 1. The highest BCUT2D eigenvalue weighted by Crippen LogP contribution is 2.31. The first-order valence-electron chi connectivity index (χ1n) is 9.46. The van der Waals surface area contributed by atoms with Crippen LogP contribution < -0.4 is 9.46 Å². The molecule has 1 aromatic heterocycles. The fourth-order valence-electron chi connectivity index (χ4n) is 3.06. The average molecular weight is 467 g/mol. The lowest BCUT2D eigenvalue weighted by Gasteiger charge is -2.21. The fraction of sp³-hybridized carbons (Fsp3) is 0.0833. The summed E-state index contributed by atoms with van der Waals surface area (Å²) in [6.07, 6.45) is 3.53. The van der Waals surface area contributed by atoms with E-state index in [2.05, 4.69) is 21.5 Å². The van der Waals surface area contributed by atoms with Crippen LogP contribution in [0.1, 0.15) is 27.0 Å². The monoisotopic (exact) mass is 466 g/mol. The summed E-state index contributed by atoms with van der Waals surface area (Å²) >= 11 is 3.93. The van der Waals surface area contributed by atoms with E-state index in [0.717, 1.165) is 5.56 Å². The second-order valence-corrected chi connectivity index (χ2v) is 8.42. The summed E-state index contributed by atoms with van der Waals surface area (Å²) in [6, 6.07) is 12.8. The molecule has 0 bridgehead atoms. The summed E-state index contributed by atoms with van der Waals surface area (Å²) in [5.74, 6) is 5.60. The first-order valence-corrected chi connectivity index (χ1v) is 11.0. The van der Waals surface area contributed by atoms with Crippen molar-refractivity contribution < 1.29 is 18.5 Å². The first kappa shape index (κ1) is 21.9. The number of hydrogen-bond acceptors (Lipinski definition) is 5. The van der Waals surface area contributed by atoms with E-state index in [1.165, 1.54) is 18.2 Å². The number of aromatic nitrogens is 1. The van der Waals surface area contributed by atoms with E-state index >= 15 is 0 Å². The van der Waals surface area contributed by atoms with Gasteiger partial charge in [-0.2, -0.15) is 0 Å². The van der Waals surface area contributed by atoms with Gasteiger partial charge in [0, 0.05) is 30.3 Å². The number of ether oxygens (including phenoxy) is 1. The third-order valence-corrected chi connectivity index (χ3v) is 6.08. The van der Waals surface area contributed by atoms with Gasteiger partial charge < -0.3 is 9.29 Å². The van der Waals surface area contributed by atoms with Gasteiger partial charge in [0.05, 0.1) is 23.4 Å². The fourth-order valence-corrected chi connectivity index (χ4v) is 4.19. The molecule has 2 aromatic carbocycles. The Morgan fingerprint density at radius 1 is 1.25 bits per heavy atom. The van der Waals surface area contributed by atoms with E-state index in [1.54, 1.807) is 43.6 Å². The quantitative estimate of drug-likeness (QED) is 0.341. The molecule has 1 atom stereocenters. The maximum absolute atomic E-state index is 13.7. The maximum atomic E-state index is 13.7. The molecule has 1 unspecified atom stereocenters. The number of rotatable bonds is 3. The second-order valence-electron chi connectivity index (χ2n) is 6.83. The number of allylic oxidation sites excluding steroid dienone is 1. The maximum Gasteiger partial charge on any atom is 0.245 e. The number of anilines is 1. The van der Waals surface area contributed by atoms with Gasteiger partial charge >= 0.3 is 0 Å². The molecule has 0 saturated heterocycles. The first-order chi connectivity index (χ1) is 15.4. The molecule has 1 aliphatic heterocycles. The zero-order valence-corrected chi connectivity index (χ0v) is 18.4. The zero-order chi connectivity index (χ0) is 22.7. The number of benzene rings is 2. The van der Waals surface area contributed by atoms with E-state index in [1.807, 2.05) is 6.07 Å². The minimum Gasteiger partial charge on any atom is -0.588 e. The van der Waals surface area contributed by atoms with Gasteiger partial charge in [0.15, 0.2) is 0 Å². The minimum absolute atomic E-state index is 0.0215. The Kier molecular flexibility index (Phi) is 6.47. The highest BCUT2D eigenvalue weighted by Gasteiger charge is 2.33. The third-order valence-electron chi connectivity index (χ3n) is 4.67. The van der Waals surface area contributed by atoms with E-state index < -0.39 is 23.0 Å². The Labute approximate surface area is 192 Å². The lowest BCUT2D eigenvalue weighted by molar-refractivity contribution is 0.104. The molecule has 0 aliphatic carbocycles. The van der Waals surface area contributed by atoms with Crippen LogP contribution in [0.15, 0.2) is 59.6 Å². The predicted molar refractivity (Wildman–Crippen MR) is 123 cm³/mol. The van der Waals surface area contributed by atoms with Crippen molar-refractivity contribution in [2.75, 3.05) is 11.8 Å². The van der Waals surface area contributed by atoms with Gasteiger partial charge in [0.25, 0.3) is 0 Å². The molecule has 0 saturated carbocycles. The molecule has 2 heterocycles. The summed E-state index contributed by atoms with van der Waals surface area (Å²) in [5.41, 5.74) is 2.79. The molecule has 1 N–H and O–H groups in total. The zero-order valence-electron chi connectivity index (χ0n) is 16.8. The topological polar surface area (TPSA) is 74.3 Å². The third kappa shape index (κ3) is 4.78. The van der Waals surface area contributed by atoms with Gasteiger partial charge in [-0.1, -0.05) is 29.5 Å². The van der Waals surface area contributed by atoms with Crippen molar-refractivity contribution in [2.24, 2.45) is 0 Å². The number of fused-ring (bicyclic) bond motifs is 1. The van der Waals surface area contributed by atoms with Gasteiger partial charge in [0.1, 0.15) is 17.2 Å². The molecule has 32 heavy (non-hydrogen) atoms. The standard InChI is InChI=1S/C24H16ClFN2O3S/c1-31-23-14-16(9-10-27-23)4-2-3-15-6-8-21-18(11-15)24(29)22(32(30)28-21)13-17-5-7-19(25)20(26)12-17/h5-14,28H,4H2,1H3/b22-13-. The Morgan fingerprint density at radius 3 is 2.88 bits per heavy atom. The van der Waals surface area contributed by atoms with Crippen molar-refractivity contribution in [3.05, 3.63) is 92.7 Å². The second kappa shape index (κ2) is 9.45. The molecular formula is C24H16ClFN2O3S. The number of carbonyl (C=O) groups is 1. The molecule has 8 heteroatoms. The van der Waals surface area contributed by atoms with Gasteiger partial charge in [-0.3, -0.25) is 4.79 Å². The van der Waals surface area contributed by atoms with Gasteiger partial charge in [-0.25, -0.2) is 14.1 Å². The number of pyridine rings is 1. The van der Waals surface area contributed by atoms with Crippen LogP contribution in [0.3, 0.4) is 0 Å². The molecule has 160 valence electrons. The van der Waals surface area contributed by atoms with Crippen molar-refractivity contribution in [3.8, 4) is 17.7 Å². The lowest BCUT2D eigenvalue weighted by atomic mass is 10.0. The predicted octanol–water partition coefficient (Wildman–Crippen LogP) is 4.79. The van der Waals surface area contributed by atoms with Crippen molar-refractivity contribution in [1.29, 1.82) is 0 Å². The van der Waals surface area contributed by atoms with Gasteiger partial charge in [-0.05, 0) is 47.5 Å². The number of ketones is 1. The number of halogens is 2. The van der Waals surface area contributed by atoms with Crippen LogP contribution in [-0.2, 0) is 17.8 Å². The molecule has 1 aliphatic rings. The number of nitrogens with one attached hydrogen (secondary N) is 1. The SMILES string of the molecule is COc1cc(CC#Cc2ccc3c(c2)C(=O)/C(=C/c2ccc(Cl)c(F)c2)[S+]([O-])N3)ccn1. The average Bonchev–Trinajstić information content (AvgIpc) is 2.79. The number of hydrogen-bond donors (Lipinski definition) is 1. The summed E-state index contributed by atoms with van der Waals surface area (Å²) < 4.78 is 34.2. The molecule has 0 amide bonds. The van der Waals surface area contributed by atoms with Crippen molar-refractivity contribution in [2.45, 2.75) is 6.42 Å². The minimum atomic E-state index is -1.77.